The molecule has 5 heteroatoms. The molecule has 1 unspecified atom stereocenters. The normalized spacial score (nSPS) is 21.5. The van der Waals surface area contributed by atoms with Gasteiger partial charge in [0.15, 0.2) is 0 Å². The summed E-state index contributed by atoms with van der Waals surface area (Å²) < 4.78 is 0. The first-order valence-corrected chi connectivity index (χ1v) is 5.32. The van der Waals surface area contributed by atoms with Gasteiger partial charge in [0, 0.05) is 13.5 Å². The third-order valence-corrected chi connectivity index (χ3v) is 2.75. The molecule has 1 aliphatic rings. The van der Waals surface area contributed by atoms with Gasteiger partial charge in [-0.25, -0.2) is 0 Å². The van der Waals surface area contributed by atoms with E-state index in [-0.39, 0.29) is 18.4 Å². The number of likely N-dealkylation sites (tertiary alicyclic amines) is 1. The third-order valence-electron chi connectivity index (χ3n) is 2.75. The molecule has 0 aromatic heterocycles. The Bertz CT molecular complexity index is 243. The van der Waals surface area contributed by atoms with Crippen LogP contribution in [0, 0.1) is 0 Å². The molecule has 1 rings (SSSR count). The van der Waals surface area contributed by atoms with Crippen LogP contribution in [0.5, 0.6) is 0 Å². The lowest BCUT2D eigenvalue weighted by atomic mass is 10.2. The van der Waals surface area contributed by atoms with Crippen LogP contribution in [0.25, 0.3) is 0 Å². The molecular weight excluding hydrogens is 196 g/mol. The molecule has 15 heavy (non-hydrogen) atoms. The number of carbonyl (C=O) groups excluding carboxylic acids is 1. The molecule has 0 saturated carbocycles. The third kappa shape index (κ3) is 3.51. The summed E-state index contributed by atoms with van der Waals surface area (Å²) in [4.78, 5) is 23.9. The SMILES string of the molecule is CNC(=O)C1CCCN1CCCC(=O)O. The first-order chi connectivity index (χ1) is 7.15. The number of nitrogens with one attached hydrogen (secondary N) is 1. The van der Waals surface area contributed by atoms with Crippen molar-refractivity contribution < 1.29 is 14.7 Å². The van der Waals surface area contributed by atoms with Crippen molar-refractivity contribution >= 4 is 11.9 Å². The fourth-order valence-corrected chi connectivity index (χ4v) is 1.99. The molecule has 1 aliphatic heterocycles. The van der Waals surface area contributed by atoms with Gasteiger partial charge in [0.05, 0.1) is 6.04 Å². The highest BCUT2D eigenvalue weighted by Gasteiger charge is 2.29. The van der Waals surface area contributed by atoms with Gasteiger partial charge in [0.25, 0.3) is 0 Å². The Balaban J connectivity index is 2.33. The number of carbonyl (C=O) groups is 2. The lowest BCUT2D eigenvalue weighted by Gasteiger charge is -2.22. The van der Waals surface area contributed by atoms with Gasteiger partial charge >= 0.3 is 5.97 Å². The second-order valence-electron chi connectivity index (χ2n) is 3.81. The molecule has 5 nitrogen and oxygen atoms in total. The summed E-state index contributed by atoms with van der Waals surface area (Å²) >= 11 is 0. The molecule has 1 fully saturated rings. The van der Waals surface area contributed by atoms with Crippen LogP contribution in [0.4, 0.5) is 0 Å². The number of hydrogen-bond acceptors (Lipinski definition) is 3. The summed E-state index contributed by atoms with van der Waals surface area (Å²) in [7, 11) is 1.64. The van der Waals surface area contributed by atoms with Crippen molar-refractivity contribution in [2.75, 3.05) is 20.1 Å². The van der Waals surface area contributed by atoms with Crippen LogP contribution >= 0.6 is 0 Å². The molecule has 0 aliphatic carbocycles. The summed E-state index contributed by atoms with van der Waals surface area (Å²) in [5, 5.41) is 11.2. The minimum absolute atomic E-state index is 0.0443. The first kappa shape index (κ1) is 12.0. The van der Waals surface area contributed by atoms with Gasteiger partial charge in [-0.1, -0.05) is 0 Å². The van der Waals surface area contributed by atoms with Crippen LogP contribution in [0.3, 0.4) is 0 Å². The van der Waals surface area contributed by atoms with Gasteiger partial charge in [-0.05, 0) is 32.4 Å². The summed E-state index contributed by atoms with van der Waals surface area (Å²) in [6, 6.07) is -0.0520. The van der Waals surface area contributed by atoms with Crippen LogP contribution in [-0.4, -0.2) is 48.1 Å². The predicted octanol–water partition coefficient (Wildman–Crippen LogP) is 0.0616. The van der Waals surface area contributed by atoms with Crippen LogP contribution < -0.4 is 5.32 Å². The van der Waals surface area contributed by atoms with Crippen LogP contribution in [-0.2, 0) is 9.59 Å². The van der Waals surface area contributed by atoms with Crippen molar-refractivity contribution in [1.82, 2.24) is 10.2 Å². The molecule has 0 radical (unpaired) electrons. The molecular formula is C10H18N2O3. The number of likely N-dealkylation sites (N-methyl/N-ethyl adjacent to an activating group) is 1. The zero-order valence-electron chi connectivity index (χ0n) is 9.03. The van der Waals surface area contributed by atoms with Gasteiger partial charge < -0.3 is 10.4 Å². The van der Waals surface area contributed by atoms with E-state index in [4.69, 9.17) is 5.11 Å². The number of carboxylic acids is 1. The van der Waals surface area contributed by atoms with Crippen molar-refractivity contribution in [3.8, 4) is 0 Å². The van der Waals surface area contributed by atoms with Gasteiger partial charge in [-0.15, -0.1) is 0 Å². The Morgan fingerprint density at radius 1 is 1.53 bits per heavy atom. The van der Waals surface area contributed by atoms with E-state index >= 15 is 0 Å². The molecule has 1 amide bonds. The van der Waals surface area contributed by atoms with E-state index < -0.39 is 5.97 Å². The number of amides is 1. The van der Waals surface area contributed by atoms with Crippen molar-refractivity contribution in [2.45, 2.75) is 31.7 Å². The minimum Gasteiger partial charge on any atom is -0.481 e. The van der Waals surface area contributed by atoms with Crippen LogP contribution in [0.1, 0.15) is 25.7 Å². The summed E-state index contributed by atoms with van der Waals surface area (Å²) in [5.41, 5.74) is 0. The molecule has 1 saturated heterocycles. The Labute approximate surface area is 89.4 Å². The fourth-order valence-electron chi connectivity index (χ4n) is 1.99. The largest absolute Gasteiger partial charge is 0.481 e. The average Bonchev–Trinajstić information content (AvgIpc) is 2.64. The topological polar surface area (TPSA) is 69.6 Å². The Hall–Kier alpha value is -1.10. The van der Waals surface area contributed by atoms with Crippen LogP contribution in [0.2, 0.25) is 0 Å². The standard InChI is InChI=1S/C10H18N2O3/c1-11-10(15)8-4-2-6-12(8)7-3-5-9(13)14/h8H,2-7H2,1H3,(H,11,15)(H,13,14). The monoisotopic (exact) mass is 214 g/mol. The average molecular weight is 214 g/mol. The second-order valence-corrected chi connectivity index (χ2v) is 3.81. The van der Waals surface area contributed by atoms with Crippen molar-refractivity contribution in [2.24, 2.45) is 0 Å². The Morgan fingerprint density at radius 2 is 2.27 bits per heavy atom. The molecule has 86 valence electrons. The maximum atomic E-state index is 11.5. The van der Waals surface area contributed by atoms with E-state index in [0.29, 0.717) is 13.0 Å². The zero-order valence-corrected chi connectivity index (χ0v) is 9.03. The maximum absolute atomic E-state index is 11.5. The highest BCUT2D eigenvalue weighted by Crippen LogP contribution is 2.17. The number of hydrogen-bond donors (Lipinski definition) is 2. The number of nitrogens with zero attached hydrogens (tertiary/aromatic N) is 1. The first-order valence-electron chi connectivity index (χ1n) is 5.32. The van der Waals surface area contributed by atoms with E-state index in [1.807, 2.05) is 0 Å². The van der Waals surface area contributed by atoms with Crippen molar-refractivity contribution in [3.63, 3.8) is 0 Å². The highest BCUT2D eigenvalue weighted by atomic mass is 16.4. The van der Waals surface area contributed by atoms with Crippen LogP contribution in [0.15, 0.2) is 0 Å². The van der Waals surface area contributed by atoms with Gasteiger partial charge in [0.1, 0.15) is 0 Å². The number of rotatable bonds is 5. The zero-order chi connectivity index (χ0) is 11.3. The Morgan fingerprint density at radius 3 is 2.87 bits per heavy atom. The highest BCUT2D eigenvalue weighted by molar-refractivity contribution is 5.81. The molecule has 0 spiro atoms. The summed E-state index contributed by atoms with van der Waals surface area (Å²) in [6.07, 6.45) is 2.69. The molecule has 0 aromatic rings. The quantitative estimate of drug-likeness (QED) is 0.679. The van der Waals surface area contributed by atoms with Crippen molar-refractivity contribution in [1.29, 1.82) is 0 Å². The lowest BCUT2D eigenvalue weighted by molar-refractivity contribution is -0.137. The number of carboxylic acid groups (broad SMARTS) is 1. The van der Waals surface area contributed by atoms with E-state index in [0.717, 1.165) is 19.4 Å². The minimum atomic E-state index is -0.773. The second kappa shape index (κ2) is 5.70. The van der Waals surface area contributed by atoms with E-state index in [2.05, 4.69) is 10.2 Å². The van der Waals surface area contributed by atoms with E-state index in [1.165, 1.54) is 0 Å². The van der Waals surface area contributed by atoms with Crippen molar-refractivity contribution in [3.05, 3.63) is 0 Å². The molecule has 0 bridgehead atoms. The van der Waals surface area contributed by atoms with Gasteiger partial charge in [-0.3, -0.25) is 14.5 Å². The summed E-state index contributed by atoms with van der Waals surface area (Å²) in [6.45, 7) is 1.60. The van der Waals surface area contributed by atoms with Gasteiger partial charge in [0.2, 0.25) is 5.91 Å². The fraction of sp³-hybridized carbons (Fsp3) is 0.800. The smallest absolute Gasteiger partial charge is 0.303 e. The van der Waals surface area contributed by atoms with E-state index in [1.54, 1.807) is 7.05 Å². The maximum Gasteiger partial charge on any atom is 0.303 e. The lowest BCUT2D eigenvalue weighted by Crippen LogP contribution is -2.42. The predicted molar refractivity (Wildman–Crippen MR) is 55.5 cm³/mol. The van der Waals surface area contributed by atoms with Gasteiger partial charge in [-0.2, -0.15) is 0 Å². The molecule has 2 N–H and O–H groups in total. The number of aliphatic carboxylic acids is 1. The molecule has 0 aromatic carbocycles. The van der Waals surface area contributed by atoms with E-state index in [9.17, 15) is 9.59 Å². The molecule has 1 heterocycles. The molecule has 1 atom stereocenters. The summed E-state index contributed by atoms with van der Waals surface area (Å²) in [5.74, 6) is -0.728. The Kier molecular flexibility index (Phi) is 4.55.